The average Bonchev–Trinajstić information content (AvgIpc) is 2.41. The number of hydrogen-bond acceptors (Lipinski definition) is 3. The summed E-state index contributed by atoms with van der Waals surface area (Å²) in [5.74, 6) is 0.360. The fraction of sp³-hybridized carbons (Fsp3) is 0.529. The minimum Gasteiger partial charge on any atom is -0.508 e. The number of anilines is 1. The van der Waals surface area contributed by atoms with E-state index in [-0.39, 0.29) is 6.04 Å². The zero-order valence-corrected chi connectivity index (χ0v) is 13.2. The van der Waals surface area contributed by atoms with E-state index in [0.717, 1.165) is 42.9 Å². The van der Waals surface area contributed by atoms with Gasteiger partial charge in [-0.15, -0.1) is 0 Å². The highest BCUT2D eigenvalue weighted by atomic mass is 16.3. The zero-order valence-electron chi connectivity index (χ0n) is 13.2. The number of nitrogens with one attached hydrogen (secondary N) is 1. The third kappa shape index (κ3) is 4.57. The maximum atomic E-state index is 10.3. The predicted molar refractivity (Wildman–Crippen MR) is 87.5 cm³/mol. The maximum Gasteiger partial charge on any atom is 0.122 e. The zero-order chi connectivity index (χ0) is 15.1. The van der Waals surface area contributed by atoms with Gasteiger partial charge in [-0.1, -0.05) is 25.1 Å². The molecule has 1 aromatic rings. The molecular weight excluding hydrogens is 248 g/mol. The lowest BCUT2D eigenvalue weighted by Gasteiger charge is -2.24. The fourth-order valence-electron chi connectivity index (χ4n) is 2.28. The molecule has 0 fully saturated rings. The van der Waals surface area contributed by atoms with Gasteiger partial charge in [0.1, 0.15) is 5.75 Å². The quantitative estimate of drug-likeness (QED) is 0.708. The van der Waals surface area contributed by atoms with E-state index in [1.807, 2.05) is 19.1 Å². The van der Waals surface area contributed by atoms with Crippen molar-refractivity contribution < 1.29 is 5.11 Å². The van der Waals surface area contributed by atoms with Crippen LogP contribution in [0.2, 0.25) is 0 Å². The van der Waals surface area contributed by atoms with Gasteiger partial charge in [0.2, 0.25) is 0 Å². The van der Waals surface area contributed by atoms with Crippen LogP contribution in [-0.4, -0.2) is 24.7 Å². The summed E-state index contributed by atoms with van der Waals surface area (Å²) in [6, 6.07) is 6.11. The molecule has 0 aliphatic carbocycles. The van der Waals surface area contributed by atoms with Crippen LogP contribution in [0.25, 0.3) is 0 Å². The smallest absolute Gasteiger partial charge is 0.122 e. The Morgan fingerprint density at radius 2 is 2.10 bits per heavy atom. The van der Waals surface area contributed by atoms with E-state index in [9.17, 15) is 5.11 Å². The topological polar surface area (TPSA) is 35.5 Å². The molecule has 3 heteroatoms. The van der Waals surface area contributed by atoms with Gasteiger partial charge in [0, 0.05) is 36.4 Å². The van der Waals surface area contributed by atoms with Crippen molar-refractivity contribution in [2.75, 3.05) is 24.5 Å². The van der Waals surface area contributed by atoms with E-state index in [4.69, 9.17) is 0 Å². The van der Waals surface area contributed by atoms with E-state index < -0.39 is 0 Å². The molecule has 1 rings (SSSR count). The van der Waals surface area contributed by atoms with Gasteiger partial charge < -0.3 is 15.3 Å². The molecule has 0 bridgehead atoms. The third-order valence-corrected chi connectivity index (χ3v) is 3.39. The Hall–Kier alpha value is -1.48. The minimum absolute atomic E-state index is 0.167. The predicted octanol–water partition coefficient (Wildman–Crippen LogP) is 3.86. The summed E-state index contributed by atoms with van der Waals surface area (Å²) >= 11 is 0. The summed E-state index contributed by atoms with van der Waals surface area (Å²) in [6.07, 6.45) is 1.09. The van der Waals surface area contributed by atoms with Crippen molar-refractivity contribution in [2.24, 2.45) is 0 Å². The summed E-state index contributed by atoms with van der Waals surface area (Å²) in [5.41, 5.74) is 3.11. The van der Waals surface area contributed by atoms with Crippen molar-refractivity contribution in [1.82, 2.24) is 5.32 Å². The van der Waals surface area contributed by atoms with Crippen LogP contribution in [0.1, 0.15) is 45.7 Å². The van der Waals surface area contributed by atoms with Crippen LogP contribution in [0, 0.1) is 0 Å². The first-order chi connectivity index (χ1) is 9.49. The molecule has 0 radical (unpaired) electrons. The van der Waals surface area contributed by atoms with E-state index >= 15 is 0 Å². The summed E-state index contributed by atoms with van der Waals surface area (Å²) in [6.45, 7) is 15.0. The Bertz CT molecular complexity index is 443. The van der Waals surface area contributed by atoms with Crippen LogP contribution in [0.5, 0.6) is 5.75 Å². The number of hydrogen-bond donors (Lipinski definition) is 2. The standard InChI is InChI=1S/C17H28N2O/c1-6-10-18-14(5)16-9-8-15(11-17(16)20)19(7-2)12-13(3)4/h8-9,11,14,18,20H,3,6-7,10,12H2,1-2,4-5H3. The molecule has 0 spiro atoms. The van der Waals surface area contributed by atoms with Crippen molar-refractivity contribution in [1.29, 1.82) is 0 Å². The lowest BCUT2D eigenvalue weighted by molar-refractivity contribution is 0.452. The number of benzene rings is 1. The largest absolute Gasteiger partial charge is 0.508 e. The first kappa shape index (κ1) is 16.6. The van der Waals surface area contributed by atoms with Crippen LogP contribution >= 0.6 is 0 Å². The molecule has 1 aromatic carbocycles. The molecule has 3 nitrogen and oxygen atoms in total. The van der Waals surface area contributed by atoms with E-state index in [1.165, 1.54) is 0 Å². The van der Waals surface area contributed by atoms with Gasteiger partial charge in [0.05, 0.1) is 0 Å². The summed E-state index contributed by atoms with van der Waals surface area (Å²) in [7, 11) is 0. The lowest BCUT2D eigenvalue weighted by atomic mass is 10.1. The van der Waals surface area contributed by atoms with Crippen molar-refractivity contribution in [2.45, 2.75) is 40.2 Å². The van der Waals surface area contributed by atoms with Crippen molar-refractivity contribution >= 4 is 5.69 Å². The number of phenolic OH excluding ortho intramolecular Hbond substituents is 1. The average molecular weight is 276 g/mol. The molecule has 0 saturated carbocycles. The second-order valence-corrected chi connectivity index (χ2v) is 5.39. The number of aromatic hydroxyl groups is 1. The molecule has 0 aliphatic rings. The van der Waals surface area contributed by atoms with Crippen LogP contribution in [0.15, 0.2) is 30.4 Å². The maximum absolute atomic E-state index is 10.3. The molecule has 2 N–H and O–H groups in total. The summed E-state index contributed by atoms with van der Waals surface area (Å²) < 4.78 is 0. The van der Waals surface area contributed by atoms with Gasteiger partial charge in [-0.3, -0.25) is 0 Å². The second kappa shape index (κ2) is 7.95. The van der Waals surface area contributed by atoms with E-state index in [0.29, 0.717) is 5.75 Å². The number of phenols is 1. The third-order valence-electron chi connectivity index (χ3n) is 3.39. The Labute approximate surface area is 123 Å². The molecule has 112 valence electrons. The van der Waals surface area contributed by atoms with Crippen LogP contribution in [-0.2, 0) is 0 Å². The second-order valence-electron chi connectivity index (χ2n) is 5.39. The molecule has 0 aromatic heterocycles. The number of likely N-dealkylation sites (N-methyl/N-ethyl adjacent to an activating group) is 1. The molecule has 20 heavy (non-hydrogen) atoms. The fourth-order valence-corrected chi connectivity index (χ4v) is 2.28. The summed E-state index contributed by atoms with van der Waals surface area (Å²) in [4.78, 5) is 2.20. The Morgan fingerprint density at radius 3 is 2.60 bits per heavy atom. The van der Waals surface area contributed by atoms with Crippen LogP contribution < -0.4 is 10.2 Å². The molecule has 0 saturated heterocycles. The molecule has 1 unspecified atom stereocenters. The normalized spacial score (nSPS) is 12.2. The van der Waals surface area contributed by atoms with Crippen LogP contribution in [0.4, 0.5) is 5.69 Å². The lowest BCUT2D eigenvalue weighted by Crippen LogP contribution is -2.24. The van der Waals surface area contributed by atoms with Crippen molar-refractivity contribution in [3.05, 3.63) is 35.9 Å². The summed E-state index contributed by atoms with van der Waals surface area (Å²) in [5, 5.41) is 13.6. The number of nitrogens with zero attached hydrogens (tertiary/aromatic N) is 1. The van der Waals surface area contributed by atoms with E-state index in [2.05, 4.69) is 43.6 Å². The SMILES string of the molecule is C=C(C)CN(CC)c1ccc(C(C)NCCC)c(O)c1. The van der Waals surface area contributed by atoms with Gasteiger partial charge in [-0.2, -0.15) is 0 Å². The highest BCUT2D eigenvalue weighted by Crippen LogP contribution is 2.29. The highest BCUT2D eigenvalue weighted by Gasteiger charge is 2.12. The number of rotatable bonds is 8. The minimum atomic E-state index is 0.167. The van der Waals surface area contributed by atoms with Crippen LogP contribution in [0.3, 0.4) is 0 Å². The highest BCUT2D eigenvalue weighted by molar-refractivity contribution is 5.54. The molecule has 0 amide bonds. The first-order valence-corrected chi connectivity index (χ1v) is 7.45. The molecular formula is C17H28N2O. The van der Waals surface area contributed by atoms with Crippen molar-refractivity contribution in [3.8, 4) is 5.75 Å². The van der Waals surface area contributed by atoms with Crippen molar-refractivity contribution in [3.63, 3.8) is 0 Å². The molecule has 1 atom stereocenters. The Kier molecular flexibility index (Phi) is 6.59. The van der Waals surface area contributed by atoms with Gasteiger partial charge in [-0.25, -0.2) is 0 Å². The first-order valence-electron chi connectivity index (χ1n) is 7.45. The molecule has 0 aliphatic heterocycles. The van der Waals surface area contributed by atoms with Gasteiger partial charge in [-0.05, 0) is 39.8 Å². The van der Waals surface area contributed by atoms with Gasteiger partial charge in [0.15, 0.2) is 0 Å². The Morgan fingerprint density at radius 1 is 1.40 bits per heavy atom. The molecule has 0 heterocycles. The monoisotopic (exact) mass is 276 g/mol. The van der Waals surface area contributed by atoms with E-state index in [1.54, 1.807) is 0 Å². The Balaban J connectivity index is 2.88. The van der Waals surface area contributed by atoms with Gasteiger partial charge in [0.25, 0.3) is 0 Å². The van der Waals surface area contributed by atoms with Gasteiger partial charge >= 0.3 is 0 Å².